The number of rotatable bonds is 4. The molecule has 1 saturated heterocycles. The summed E-state index contributed by atoms with van der Waals surface area (Å²) in [7, 11) is 0. The first-order valence-electron chi connectivity index (χ1n) is 6.93. The Balaban J connectivity index is 1.70. The maximum Gasteiger partial charge on any atom is 0.0991 e. The summed E-state index contributed by atoms with van der Waals surface area (Å²) in [5.41, 5.74) is 2.63. The van der Waals surface area contributed by atoms with Gasteiger partial charge in [0, 0.05) is 50.8 Å². The smallest absolute Gasteiger partial charge is 0.0991 e. The van der Waals surface area contributed by atoms with Gasteiger partial charge in [0.2, 0.25) is 0 Å². The zero-order chi connectivity index (χ0) is 12.9. The number of nitrogens with zero attached hydrogens (tertiary/aromatic N) is 3. The van der Waals surface area contributed by atoms with Crippen LogP contribution in [-0.2, 0) is 6.42 Å². The fourth-order valence-corrected chi connectivity index (χ4v) is 2.59. The predicted molar refractivity (Wildman–Crippen MR) is 76.6 cm³/mol. The van der Waals surface area contributed by atoms with Crippen LogP contribution in [0.2, 0.25) is 0 Å². The van der Waals surface area contributed by atoms with Crippen LogP contribution in [0.1, 0.15) is 5.56 Å². The van der Waals surface area contributed by atoms with Crippen LogP contribution in [0.25, 0.3) is 5.69 Å². The van der Waals surface area contributed by atoms with Gasteiger partial charge in [0.25, 0.3) is 0 Å². The third-order valence-electron chi connectivity index (χ3n) is 3.68. The second kappa shape index (κ2) is 5.99. The molecule has 0 atom stereocenters. The molecule has 2 aromatic rings. The van der Waals surface area contributed by atoms with E-state index >= 15 is 0 Å². The minimum atomic E-state index is 1.09. The van der Waals surface area contributed by atoms with Gasteiger partial charge in [-0.2, -0.15) is 0 Å². The van der Waals surface area contributed by atoms with E-state index in [9.17, 15) is 0 Å². The molecule has 19 heavy (non-hydrogen) atoms. The van der Waals surface area contributed by atoms with E-state index in [1.54, 1.807) is 0 Å². The van der Waals surface area contributed by atoms with Crippen molar-refractivity contribution in [3.8, 4) is 5.69 Å². The van der Waals surface area contributed by atoms with E-state index < -0.39 is 0 Å². The Labute approximate surface area is 114 Å². The summed E-state index contributed by atoms with van der Waals surface area (Å²) in [6, 6.07) is 8.59. The lowest BCUT2D eigenvalue weighted by Gasteiger charge is -2.27. The highest BCUT2D eigenvalue weighted by molar-refractivity contribution is 5.41. The number of aromatic nitrogens is 2. The van der Waals surface area contributed by atoms with Crippen LogP contribution in [0, 0.1) is 0 Å². The van der Waals surface area contributed by atoms with Gasteiger partial charge in [-0.25, -0.2) is 4.98 Å². The molecule has 3 rings (SSSR count). The first kappa shape index (κ1) is 12.4. The molecule has 2 heterocycles. The van der Waals surface area contributed by atoms with Crippen LogP contribution < -0.4 is 5.32 Å². The highest BCUT2D eigenvalue weighted by Gasteiger charge is 2.10. The van der Waals surface area contributed by atoms with Crippen LogP contribution in [0.15, 0.2) is 43.0 Å². The van der Waals surface area contributed by atoms with Crippen molar-refractivity contribution in [2.75, 3.05) is 32.7 Å². The minimum Gasteiger partial charge on any atom is -0.314 e. The highest BCUT2D eigenvalue weighted by atomic mass is 15.2. The molecule has 0 bridgehead atoms. The lowest BCUT2D eigenvalue weighted by Crippen LogP contribution is -2.44. The molecule has 0 saturated carbocycles. The summed E-state index contributed by atoms with van der Waals surface area (Å²) in [6.45, 7) is 5.68. The minimum absolute atomic E-state index is 1.09. The van der Waals surface area contributed by atoms with E-state index in [4.69, 9.17) is 0 Å². The van der Waals surface area contributed by atoms with Gasteiger partial charge < -0.3 is 14.8 Å². The maximum absolute atomic E-state index is 4.13. The molecule has 0 radical (unpaired) electrons. The summed E-state index contributed by atoms with van der Waals surface area (Å²) >= 11 is 0. The summed E-state index contributed by atoms with van der Waals surface area (Å²) < 4.78 is 2.09. The Morgan fingerprint density at radius 3 is 2.79 bits per heavy atom. The highest BCUT2D eigenvalue weighted by Crippen LogP contribution is 2.15. The van der Waals surface area contributed by atoms with E-state index in [0.29, 0.717) is 0 Å². The van der Waals surface area contributed by atoms with Gasteiger partial charge in [-0.15, -0.1) is 0 Å². The third kappa shape index (κ3) is 3.03. The molecule has 1 fully saturated rings. The van der Waals surface area contributed by atoms with Crippen molar-refractivity contribution in [3.63, 3.8) is 0 Å². The van der Waals surface area contributed by atoms with Crippen molar-refractivity contribution < 1.29 is 0 Å². The fourth-order valence-electron chi connectivity index (χ4n) is 2.59. The normalized spacial score (nSPS) is 16.6. The molecule has 1 N–H and O–H groups in total. The number of para-hydroxylation sites is 1. The Kier molecular flexibility index (Phi) is 3.91. The van der Waals surface area contributed by atoms with Crippen LogP contribution in [0.4, 0.5) is 0 Å². The first-order valence-corrected chi connectivity index (χ1v) is 6.93. The number of piperazine rings is 1. The van der Waals surface area contributed by atoms with Crippen molar-refractivity contribution in [3.05, 3.63) is 48.5 Å². The summed E-state index contributed by atoms with van der Waals surface area (Å²) in [5.74, 6) is 0. The van der Waals surface area contributed by atoms with E-state index in [2.05, 4.69) is 44.0 Å². The van der Waals surface area contributed by atoms with Crippen molar-refractivity contribution in [1.29, 1.82) is 0 Å². The van der Waals surface area contributed by atoms with E-state index in [-0.39, 0.29) is 0 Å². The number of hydrogen-bond acceptors (Lipinski definition) is 3. The summed E-state index contributed by atoms with van der Waals surface area (Å²) in [5, 5.41) is 3.39. The third-order valence-corrected chi connectivity index (χ3v) is 3.68. The number of benzene rings is 1. The predicted octanol–water partition coefficient (Wildman–Crippen LogP) is 1.32. The molecule has 0 spiro atoms. The Morgan fingerprint density at radius 1 is 1.16 bits per heavy atom. The maximum atomic E-state index is 4.13. The molecular formula is C15H20N4. The number of imidazole rings is 1. The number of hydrogen-bond donors (Lipinski definition) is 1. The van der Waals surface area contributed by atoms with Gasteiger partial charge in [0.05, 0.1) is 6.33 Å². The molecule has 0 aliphatic carbocycles. The second-order valence-corrected chi connectivity index (χ2v) is 4.94. The van der Waals surface area contributed by atoms with E-state index in [1.807, 2.05) is 18.7 Å². The Hall–Kier alpha value is -1.65. The molecule has 100 valence electrons. The van der Waals surface area contributed by atoms with Crippen LogP contribution >= 0.6 is 0 Å². The molecule has 0 unspecified atom stereocenters. The molecule has 0 amide bonds. The zero-order valence-electron chi connectivity index (χ0n) is 11.1. The Bertz CT molecular complexity index is 501. The first-order chi connectivity index (χ1) is 9.43. The zero-order valence-corrected chi connectivity index (χ0v) is 11.1. The monoisotopic (exact) mass is 256 g/mol. The molecule has 1 aliphatic heterocycles. The quantitative estimate of drug-likeness (QED) is 0.895. The van der Waals surface area contributed by atoms with Gasteiger partial charge >= 0.3 is 0 Å². The van der Waals surface area contributed by atoms with E-state index in [0.717, 1.165) is 39.1 Å². The topological polar surface area (TPSA) is 33.1 Å². The van der Waals surface area contributed by atoms with Crippen molar-refractivity contribution in [2.45, 2.75) is 6.42 Å². The van der Waals surface area contributed by atoms with Crippen LogP contribution in [0.5, 0.6) is 0 Å². The van der Waals surface area contributed by atoms with Gasteiger partial charge in [-0.3, -0.25) is 0 Å². The van der Waals surface area contributed by atoms with Crippen molar-refractivity contribution >= 4 is 0 Å². The lowest BCUT2D eigenvalue weighted by molar-refractivity contribution is 0.244. The van der Waals surface area contributed by atoms with Crippen molar-refractivity contribution in [1.82, 2.24) is 19.8 Å². The van der Waals surface area contributed by atoms with Crippen LogP contribution in [-0.4, -0.2) is 47.2 Å². The average molecular weight is 256 g/mol. The van der Waals surface area contributed by atoms with Gasteiger partial charge in [-0.1, -0.05) is 18.2 Å². The molecular weight excluding hydrogens is 236 g/mol. The number of nitrogens with one attached hydrogen (secondary N) is 1. The van der Waals surface area contributed by atoms with Gasteiger partial charge in [0.15, 0.2) is 0 Å². The second-order valence-electron chi connectivity index (χ2n) is 4.94. The van der Waals surface area contributed by atoms with Crippen molar-refractivity contribution in [2.24, 2.45) is 0 Å². The SMILES string of the molecule is c1ccc(-n2ccnc2)c(CCN2CCNCC2)c1. The van der Waals surface area contributed by atoms with Gasteiger partial charge in [-0.05, 0) is 18.1 Å². The summed E-state index contributed by atoms with van der Waals surface area (Å²) in [6.07, 6.45) is 6.79. The van der Waals surface area contributed by atoms with E-state index in [1.165, 1.54) is 11.3 Å². The molecule has 4 nitrogen and oxygen atoms in total. The fraction of sp³-hybridized carbons (Fsp3) is 0.400. The largest absolute Gasteiger partial charge is 0.314 e. The molecule has 1 aromatic heterocycles. The Morgan fingerprint density at radius 2 is 2.00 bits per heavy atom. The van der Waals surface area contributed by atoms with Gasteiger partial charge in [0.1, 0.15) is 0 Å². The molecule has 4 heteroatoms. The lowest BCUT2D eigenvalue weighted by atomic mass is 10.1. The molecule has 1 aromatic carbocycles. The summed E-state index contributed by atoms with van der Waals surface area (Å²) in [4.78, 5) is 6.66. The molecule has 1 aliphatic rings. The standard InChI is InChI=1S/C15H20N4/c1-2-4-15(19-12-8-17-13-19)14(3-1)5-9-18-10-6-16-7-11-18/h1-4,8,12-13,16H,5-7,9-11H2. The average Bonchev–Trinajstić information content (AvgIpc) is 3.01. The van der Waals surface area contributed by atoms with Crippen LogP contribution in [0.3, 0.4) is 0 Å².